The van der Waals surface area contributed by atoms with Crippen LogP contribution in [0.15, 0.2) is 36.5 Å². The highest BCUT2D eigenvalue weighted by atomic mass is 32.2. The number of benzene rings is 1. The molecule has 0 amide bonds. The van der Waals surface area contributed by atoms with Gasteiger partial charge in [0.2, 0.25) is 0 Å². The molecule has 1 spiro atoms. The Morgan fingerprint density at radius 3 is 2.55 bits per heavy atom. The van der Waals surface area contributed by atoms with E-state index in [1.807, 2.05) is 12.1 Å². The molecular weight excluding hydrogens is 436 g/mol. The van der Waals surface area contributed by atoms with Gasteiger partial charge in [-0.2, -0.15) is 0 Å². The Morgan fingerprint density at radius 1 is 1.09 bits per heavy atom. The maximum absolute atomic E-state index is 12.1. The Labute approximate surface area is 196 Å². The second-order valence-corrected chi connectivity index (χ2v) is 12.5. The van der Waals surface area contributed by atoms with Gasteiger partial charge in [0.15, 0.2) is 9.84 Å². The number of aliphatic hydroxyl groups excluding tert-OH is 1. The molecule has 33 heavy (non-hydrogen) atoms. The molecule has 0 radical (unpaired) electrons. The number of sulfone groups is 1. The van der Waals surface area contributed by atoms with Crippen LogP contribution in [0.3, 0.4) is 0 Å². The number of fused-ring (bicyclic) bond motifs is 1. The quantitative estimate of drug-likeness (QED) is 0.664. The van der Waals surface area contributed by atoms with E-state index in [1.54, 1.807) is 6.20 Å². The standard InChI is InChI=1S/C26H34N2O4S/c1-25(9-10-25)28-13-11-26(12-14-28)8-7-22-17-21(4-6-24(22)32-26)23-5-3-20(18-27-23)19-33(30,31)16-2-15-29/h3-6,17-18,29H,2,7-16,19H2,1H3. The van der Waals surface area contributed by atoms with Crippen molar-refractivity contribution in [3.05, 3.63) is 47.7 Å². The number of aliphatic hydroxyl groups is 1. The number of aromatic nitrogens is 1. The second kappa shape index (κ2) is 8.67. The summed E-state index contributed by atoms with van der Waals surface area (Å²) >= 11 is 0. The first-order valence-electron chi connectivity index (χ1n) is 12.1. The van der Waals surface area contributed by atoms with Crippen molar-refractivity contribution in [1.29, 1.82) is 0 Å². The first-order chi connectivity index (χ1) is 15.8. The van der Waals surface area contributed by atoms with Gasteiger partial charge < -0.3 is 9.84 Å². The molecule has 7 heteroatoms. The fourth-order valence-electron chi connectivity index (χ4n) is 5.27. The number of aryl methyl sites for hydroxylation is 1. The molecule has 1 aromatic heterocycles. The molecule has 0 atom stereocenters. The van der Waals surface area contributed by atoms with E-state index in [4.69, 9.17) is 9.84 Å². The van der Waals surface area contributed by atoms with Crippen LogP contribution in [0.5, 0.6) is 5.75 Å². The largest absolute Gasteiger partial charge is 0.487 e. The zero-order chi connectivity index (χ0) is 23.1. The number of piperidine rings is 1. The number of hydrogen-bond acceptors (Lipinski definition) is 6. The third-order valence-electron chi connectivity index (χ3n) is 7.77. The highest BCUT2D eigenvalue weighted by Gasteiger charge is 2.48. The average molecular weight is 471 g/mol. The van der Waals surface area contributed by atoms with Crippen LogP contribution in [0.4, 0.5) is 0 Å². The normalized spacial score (nSPS) is 21.4. The molecule has 1 aliphatic carbocycles. The SMILES string of the molecule is CC1(N2CCC3(CCc4cc(-c5ccc(CS(=O)(=O)CCCO)cn5)ccc4O3)CC2)CC1. The molecule has 3 aliphatic rings. The topological polar surface area (TPSA) is 79.7 Å². The van der Waals surface area contributed by atoms with Crippen molar-refractivity contribution in [3.8, 4) is 17.0 Å². The molecular formula is C26H34N2O4S. The highest BCUT2D eigenvalue weighted by Crippen LogP contribution is 2.46. The van der Waals surface area contributed by atoms with Crippen molar-refractivity contribution in [1.82, 2.24) is 9.88 Å². The fraction of sp³-hybridized carbons (Fsp3) is 0.577. The Morgan fingerprint density at radius 2 is 1.88 bits per heavy atom. The third kappa shape index (κ3) is 4.96. The van der Waals surface area contributed by atoms with E-state index >= 15 is 0 Å². The van der Waals surface area contributed by atoms with Crippen LogP contribution in [-0.4, -0.2) is 60.0 Å². The summed E-state index contributed by atoms with van der Waals surface area (Å²) in [4.78, 5) is 7.18. The number of ether oxygens (including phenoxy) is 1. The van der Waals surface area contributed by atoms with Gasteiger partial charge in [-0.05, 0) is 87.3 Å². The van der Waals surface area contributed by atoms with Crippen LogP contribution in [-0.2, 0) is 22.0 Å². The summed E-state index contributed by atoms with van der Waals surface area (Å²) in [5, 5.41) is 8.87. The lowest BCUT2D eigenvalue weighted by atomic mass is 9.82. The number of pyridine rings is 1. The molecule has 0 bridgehead atoms. The van der Waals surface area contributed by atoms with E-state index in [1.165, 1.54) is 18.4 Å². The van der Waals surface area contributed by atoms with Gasteiger partial charge in [-0.3, -0.25) is 9.88 Å². The van der Waals surface area contributed by atoms with Crippen LogP contribution < -0.4 is 4.74 Å². The van der Waals surface area contributed by atoms with Crippen LogP contribution in [0.1, 0.15) is 56.6 Å². The first kappa shape index (κ1) is 22.8. The summed E-state index contributed by atoms with van der Waals surface area (Å²) in [5.41, 5.74) is 4.20. The van der Waals surface area contributed by atoms with Crippen molar-refractivity contribution in [2.24, 2.45) is 0 Å². The van der Waals surface area contributed by atoms with Gasteiger partial charge in [0.25, 0.3) is 0 Å². The lowest BCUT2D eigenvalue weighted by molar-refractivity contribution is -0.0261. The van der Waals surface area contributed by atoms with Crippen molar-refractivity contribution < 1.29 is 18.3 Å². The molecule has 2 fully saturated rings. The predicted molar refractivity (Wildman–Crippen MR) is 129 cm³/mol. The van der Waals surface area contributed by atoms with Crippen molar-refractivity contribution in [3.63, 3.8) is 0 Å². The fourth-order valence-corrected chi connectivity index (χ4v) is 6.67. The third-order valence-corrected chi connectivity index (χ3v) is 9.45. The summed E-state index contributed by atoms with van der Waals surface area (Å²) in [5.74, 6) is 0.953. The van der Waals surface area contributed by atoms with Crippen LogP contribution in [0, 0.1) is 0 Å². The second-order valence-electron chi connectivity index (χ2n) is 10.3. The lowest BCUT2D eigenvalue weighted by Crippen LogP contribution is -2.52. The number of hydrogen-bond donors (Lipinski definition) is 1. The maximum Gasteiger partial charge on any atom is 0.154 e. The Bertz CT molecular complexity index is 1100. The number of nitrogens with zero attached hydrogens (tertiary/aromatic N) is 2. The van der Waals surface area contributed by atoms with E-state index in [0.29, 0.717) is 11.1 Å². The van der Waals surface area contributed by atoms with E-state index < -0.39 is 9.84 Å². The molecule has 178 valence electrons. The molecule has 2 aliphatic heterocycles. The molecule has 3 heterocycles. The molecule has 0 unspecified atom stereocenters. The van der Waals surface area contributed by atoms with Crippen LogP contribution in [0.25, 0.3) is 11.3 Å². The average Bonchev–Trinajstić information content (AvgIpc) is 3.56. The minimum absolute atomic E-state index is 0.00505. The van der Waals surface area contributed by atoms with Crippen LogP contribution in [0.2, 0.25) is 0 Å². The van der Waals surface area contributed by atoms with E-state index in [9.17, 15) is 8.42 Å². The van der Waals surface area contributed by atoms with Gasteiger partial charge in [-0.1, -0.05) is 6.07 Å². The Kier molecular flexibility index (Phi) is 6.00. The first-order valence-corrected chi connectivity index (χ1v) is 14.0. The Hall–Kier alpha value is -1.96. The summed E-state index contributed by atoms with van der Waals surface area (Å²) < 4.78 is 30.8. The van der Waals surface area contributed by atoms with Gasteiger partial charge in [0.05, 0.1) is 17.2 Å². The number of likely N-dealkylation sites (tertiary alicyclic amines) is 1. The van der Waals surface area contributed by atoms with Gasteiger partial charge in [0, 0.05) is 37.0 Å². The smallest absolute Gasteiger partial charge is 0.154 e. The van der Waals surface area contributed by atoms with Crippen molar-refractivity contribution in [2.75, 3.05) is 25.4 Å². The molecule has 6 nitrogen and oxygen atoms in total. The summed E-state index contributed by atoms with van der Waals surface area (Å²) in [6.45, 7) is 4.55. The molecule has 1 aromatic carbocycles. The zero-order valence-corrected chi connectivity index (χ0v) is 20.2. The van der Waals surface area contributed by atoms with Crippen LogP contribution >= 0.6 is 0 Å². The number of rotatable bonds is 7. The minimum atomic E-state index is -3.23. The summed E-state index contributed by atoms with van der Waals surface area (Å²) in [6, 6.07) is 10.0. The minimum Gasteiger partial charge on any atom is -0.487 e. The Balaban J connectivity index is 1.24. The molecule has 5 rings (SSSR count). The lowest BCUT2D eigenvalue weighted by Gasteiger charge is -2.46. The zero-order valence-electron chi connectivity index (χ0n) is 19.4. The summed E-state index contributed by atoms with van der Waals surface area (Å²) in [6.07, 6.45) is 8.87. The van der Waals surface area contributed by atoms with Gasteiger partial charge in [0.1, 0.15) is 11.4 Å². The van der Waals surface area contributed by atoms with Crippen molar-refractivity contribution >= 4 is 9.84 Å². The summed E-state index contributed by atoms with van der Waals surface area (Å²) in [7, 11) is -3.23. The van der Waals surface area contributed by atoms with Gasteiger partial charge >= 0.3 is 0 Å². The molecule has 2 aromatic rings. The molecule has 1 saturated heterocycles. The predicted octanol–water partition coefficient (Wildman–Crippen LogP) is 3.76. The van der Waals surface area contributed by atoms with Crippen molar-refractivity contribution in [2.45, 2.75) is 68.8 Å². The van der Waals surface area contributed by atoms with E-state index in [2.05, 4.69) is 35.0 Å². The van der Waals surface area contributed by atoms with Gasteiger partial charge in [-0.15, -0.1) is 0 Å². The highest BCUT2D eigenvalue weighted by molar-refractivity contribution is 7.90. The molecule has 1 N–H and O–H groups in total. The molecule has 1 saturated carbocycles. The van der Waals surface area contributed by atoms with E-state index in [-0.39, 0.29) is 30.1 Å². The van der Waals surface area contributed by atoms with Gasteiger partial charge in [-0.25, -0.2) is 8.42 Å². The van der Waals surface area contributed by atoms with E-state index in [0.717, 1.165) is 55.8 Å². The monoisotopic (exact) mass is 470 g/mol. The maximum atomic E-state index is 12.1.